The molecule has 6 heteroatoms. The van der Waals surface area contributed by atoms with Crippen LogP contribution in [0.4, 0.5) is 0 Å². The molecule has 0 aliphatic carbocycles. The molecule has 63 heavy (non-hydrogen) atoms. The Morgan fingerprint density at radius 1 is 0.302 bits per heavy atom. The largest absolute Gasteiger partial charge is 0.462 e. The summed E-state index contributed by atoms with van der Waals surface area (Å²) in [6.07, 6.45) is 59.9. The molecule has 0 aliphatic rings. The fraction of sp³-hybridized carbons (Fsp3) is 0.912. The molecule has 0 saturated heterocycles. The van der Waals surface area contributed by atoms with Gasteiger partial charge in [-0.2, -0.15) is 0 Å². The third-order valence-corrected chi connectivity index (χ3v) is 12.8. The maximum Gasteiger partial charge on any atom is 0.306 e. The lowest BCUT2D eigenvalue weighted by Crippen LogP contribution is -2.30. The van der Waals surface area contributed by atoms with Crippen LogP contribution < -0.4 is 0 Å². The van der Waals surface area contributed by atoms with Gasteiger partial charge in [0.1, 0.15) is 13.2 Å². The Labute approximate surface area is 392 Å². The molecule has 0 bridgehead atoms. The number of esters is 3. The van der Waals surface area contributed by atoms with Crippen LogP contribution >= 0.6 is 0 Å². The second kappa shape index (κ2) is 52.8. The molecule has 0 radical (unpaired) electrons. The molecule has 0 saturated carbocycles. The van der Waals surface area contributed by atoms with E-state index in [0.717, 1.165) is 57.8 Å². The van der Waals surface area contributed by atoms with Gasteiger partial charge in [-0.3, -0.25) is 14.4 Å². The van der Waals surface area contributed by atoms with E-state index in [0.29, 0.717) is 19.3 Å². The third kappa shape index (κ3) is 51.0. The molecule has 0 rings (SSSR count). The lowest BCUT2D eigenvalue weighted by Gasteiger charge is -2.18. The highest BCUT2D eigenvalue weighted by Crippen LogP contribution is 2.17. The average molecular weight is 889 g/mol. The van der Waals surface area contributed by atoms with Crippen LogP contribution in [0.3, 0.4) is 0 Å². The number of rotatable bonds is 52. The fourth-order valence-electron chi connectivity index (χ4n) is 8.50. The standard InChI is InChI=1S/C57H108O6/c1-4-7-10-13-16-18-19-20-21-22-23-24-25-26-27-28-29-30-31-32-33-34-35-36-37-38-39-40-42-44-47-50-56(59)62-53-54(52-61-55(58)49-46-43-15-12-9-6-3)63-57(60)51-48-45-41-17-14-11-8-5-2/h22-23,54H,4-21,24-53H2,1-3H3/b23-22-. The molecule has 0 aliphatic heterocycles. The molecule has 0 heterocycles. The molecule has 1 unspecified atom stereocenters. The van der Waals surface area contributed by atoms with E-state index in [1.54, 1.807) is 0 Å². The van der Waals surface area contributed by atoms with Gasteiger partial charge >= 0.3 is 17.9 Å². The van der Waals surface area contributed by atoms with Crippen LogP contribution in [0.2, 0.25) is 0 Å². The SMILES string of the molecule is CCCCCCCCCC/C=C\CCCCCCCCCCCCCCCCCCCCCC(=O)OCC(COC(=O)CCCCCCCC)OC(=O)CCCCCCCCCC. The first kappa shape index (κ1) is 61.1. The van der Waals surface area contributed by atoms with Gasteiger partial charge in [0.2, 0.25) is 0 Å². The van der Waals surface area contributed by atoms with E-state index in [1.165, 1.54) is 218 Å². The Kier molecular flexibility index (Phi) is 51.2. The van der Waals surface area contributed by atoms with Gasteiger partial charge in [0.25, 0.3) is 0 Å². The van der Waals surface area contributed by atoms with E-state index < -0.39 is 6.10 Å². The lowest BCUT2D eigenvalue weighted by atomic mass is 10.0. The highest BCUT2D eigenvalue weighted by Gasteiger charge is 2.19. The molecular weight excluding hydrogens is 781 g/mol. The van der Waals surface area contributed by atoms with E-state index in [4.69, 9.17) is 14.2 Å². The first-order valence-corrected chi connectivity index (χ1v) is 28.2. The summed E-state index contributed by atoms with van der Waals surface area (Å²) in [6, 6.07) is 0. The fourth-order valence-corrected chi connectivity index (χ4v) is 8.50. The van der Waals surface area contributed by atoms with Crippen LogP contribution in [0.25, 0.3) is 0 Å². The van der Waals surface area contributed by atoms with Gasteiger partial charge in [0, 0.05) is 19.3 Å². The van der Waals surface area contributed by atoms with Gasteiger partial charge in [-0.05, 0) is 44.9 Å². The van der Waals surface area contributed by atoms with Crippen molar-refractivity contribution in [1.82, 2.24) is 0 Å². The van der Waals surface area contributed by atoms with Crippen molar-refractivity contribution < 1.29 is 28.6 Å². The van der Waals surface area contributed by atoms with Gasteiger partial charge < -0.3 is 14.2 Å². The Hall–Kier alpha value is -1.85. The summed E-state index contributed by atoms with van der Waals surface area (Å²) in [5.74, 6) is -0.865. The zero-order chi connectivity index (χ0) is 45.8. The summed E-state index contributed by atoms with van der Waals surface area (Å²) in [6.45, 7) is 6.58. The van der Waals surface area contributed by atoms with Crippen LogP contribution in [0, 0.1) is 0 Å². The minimum atomic E-state index is -0.759. The molecule has 1 atom stereocenters. The van der Waals surface area contributed by atoms with E-state index >= 15 is 0 Å². The monoisotopic (exact) mass is 889 g/mol. The van der Waals surface area contributed by atoms with Crippen LogP contribution in [-0.4, -0.2) is 37.2 Å². The maximum absolute atomic E-state index is 12.6. The number of carbonyl (C=O) groups excluding carboxylic acids is 3. The van der Waals surface area contributed by atoms with Gasteiger partial charge in [0.05, 0.1) is 0 Å². The summed E-state index contributed by atoms with van der Waals surface area (Å²) in [5.41, 5.74) is 0. The van der Waals surface area contributed by atoms with Gasteiger partial charge in [-0.1, -0.05) is 264 Å². The van der Waals surface area contributed by atoms with Crippen LogP contribution in [0.5, 0.6) is 0 Å². The molecular formula is C57H108O6. The summed E-state index contributed by atoms with van der Waals surface area (Å²) in [7, 11) is 0. The zero-order valence-corrected chi connectivity index (χ0v) is 42.6. The number of allylic oxidation sites excluding steroid dienone is 2. The van der Waals surface area contributed by atoms with Crippen molar-refractivity contribution in [1.29, 1.82) is 0 Å². The van der Waals surface area contributed by atoms with Gasteiger partial charge in [-0.25, -0.2) is 0 Å². The van der Waals surface area contributed by atoms with Crippen LogP contribution in [-0.2, 0) is 28.6 Å². The Morgan fingerprint density at radius 2 is 0.524 bits per heavy atom. The molecule has 0 aromatic rings. The molecule has 0 fully saturated rings. The summed E-state index contributed by atoms with van der Waals surface area (Å²) >= 11 is 0. The summed E-state index contributed by atoms with van der Waals surface area (Å²) in [4.78, 5) is 37.6. The first-order chi connectivity index (χ1) is 31.0. The minimum absolute atomic E-state index is 0.0651. The Balaban J connectivity index is 3.82. The van der Waals surface area contributed by atoms with Gasteiger partial charge in [0.15, 0.2) is 6.10 Å². The van der Waals surface area contributed by atoms with Crippen molar-refractivity contribution in [3.05, 3.63) is 12.2 Å². The Bertz CT molecular complexity index is 978. The van der Waals surface area contributed by atoms with Crippen molar-refractivity contribution in [3.8, 4) is 0 Å². The van der Waals surface area contributed by atoms with Crippen molar-refractivity contribution in [2.75, 3.05) is 13.2 Å². The van der Waals surface area contributed by atoms with Crippen molar-refractivity contribution in [3.63, 3.8) is 0 Å². The molecule has 372 valence electrons. The molecule has 6 nitrogen and oxygen atoms in total. The molecule has 0 amide bonds. The molecule has 0 aromatic heterocycles. The lowest BCUT2D eigenvalue weighted by molar-refractivity contribution is -0.167. The van der Waals surface area contributed by atoms with Crippen molar-refractivity contribution in [2.45, 2.75) is 322 Å². The molecule has 0 N–H and O–H groups in total. The van der Waals surface area contributed by atoms with Crippen molar-refractivity contribution >= 4 is 17.9 Å². The van der Waals surface area contributed by atoms with Gasteiger partial charge in [-0.15, -0.1) is 0 Å². The van der Waals surface area contributed by atoms with E-state index in [-0.39, 0.29) is 31.1 Å². The summed E-state index contributed by atoms with van der Waals surface area (Å²) in [5, 5.41) is 0. The smallest absolute Gasteiger partial charge is 0.306 e. The van der Waals surface area contributed by atoms with Crippen LogP contribution in [0.1, 0.15) is 316 Å². The second-order valence-corrected chi connectivity index (χ2v) is 19.2. The normalized spacial score (nSPS) is 12.0. The quantitative estimate of drug-likeness (QED) is 0.0262. The third-order valence-electron chi connectivity index (χ3n) is 12.8. The van der Waals surface area contributed by atoms with E-state index in [1.807, 2.05) is 0 Å². The first-order valence-electron chi connectivity index (χ1n) is 28.2. The number of unbranched alkanes of at least 4 members (excludes halogenated alkanes) is 39. The predicted octanol–water partition coefficient (Wildman–Crippen LogP) is 18.5. The summed E-state index contributed by atoms with van der Waals surface area (Å²) < 4.78 is 16.6. The van der Waals surface area contributed by atoms with E-state index in [2.05, 4.69) is 32.9 Å². The number of hydrogen-bond donors (Lipinski definition) is 0. The number of ether oxygens (including phenoxy) is 3. The number of hydrogen-bond acceptors (Lipinski definition) is 6. The zero-order valence-electron chi connectivity index (χ0n) is 42.6. The van der Waals surface area contributed by atoms with Crippen LogP contribution in [0.15, 0.2) is 12.2 Å². The average Bonchev–Trinajstić information content (AvgIpc) is 3.28. The Morgan fingerprint density at radius 3 is 0.794 bits per heavy atom. The topological polar surface area (TPSA) is 78.9 Å². The second-order valence-electron chi connectivity index (χ2n) is 19.2. The maximum atomic E-state index is 12.6. The van der Waals surface area contributed by atoms with E-state index in [9.17, 15) is 14.4 Å². The molecule has 0 aromatic carbocycles. The highest BCUT2D eigenvalue weighted by atomic mass is 16.6. The minimum Gasteiger partial charge on any atom is -0.462 e. The number of carbonyl (C=O) groups is 3. The molecule has 0 spiro atoms. The van der Waals surface area contributed by atoms with Crippen molar-refractivity contribution in [2.24, 2.45) is 0 Å². The predicted molar refractivity (Wildman–Crippen MR) is 270 cm³/mol. The highest BCUT2D eigenvalue weighted by molar-refractivity contribution is 5.71.